The molecule has 1 aliphatic carbocycles. The van der Waals surface area contributed by atoms with E-state index in [-0.39, 0.29) is 6.10 Å². The third-order valence-corrected chi connectivity index (χ3v) is 4.08. The Morgan fingerprint density at radius 2 is 1.94 bits per heavy atom. The van der Waals surface area contributed by atoms with E-state index in [1.54, 1.807) is 6.07 Å². The van der Waals surface area contributed by atoms with Gasteiger partial charge in [0.15, 0.2) is 0 Å². The van der Waals surface area contributed by atoms with E-state index in [4.69, 9.17) is 23.2 Å². The molecule has 0 amide bonds. The van der Waals surface area contributed by atoms with E-state index in [1.165, 1.54) is 18.4 Å². The van der Waals surface area contributed by atoms with Crippen molar-refractivity contribution in [3.05, 3.63) is 45.5 Å². The molecule has 0 saturated heterocycles. The third kappa shape index (κ3) is 4.01. The molecule has 1 nitrogen and oxygen atoms in total. The maximum atomic E-state index is 10.1. The Balaban J connectivity index is 1.92. The van der Waals surface area contributed by atoms with E-state index in [1.807, 2.05) is 12.1 Å². The molecule has 0 saturated carbocycles. The lowest BCUT2D eigenvalue weighted by Gasteiger charge is -2.17. The number of halogens is 2. The first kappa shape index (κ1) is 13.9. The average molecular weight is 285 g/mol. The van der Waals surface area contributed by atoms with Gasteiger partial charge in [-0.15, -0.1) is 0 Å². The van der Waals surface area contributed by atoms with Crippen molar-refractivity contribution in [2.45, 2.75) is 44.6 Å². The number of hydrogen-bond acceptors (Lipinski definition) is 1. The van der Waals surface area contributed by atoms with Crippen LogP contribution in [0, 0.1) is 0 Å². The van der Waals surface area contributed by atoms with E-state index in [0.717, 1.165) is 24.8 Å². The number of hydrogen-bond donors (Lipinski definition) is 1. The topological polar surface area (TPSA) is 20.2 Å². The molecule has 3 heteroatoms. The highest BCUT2D eigenvalue weighted by atomic mass is 35.5. The molecule has 1 aromatic rings. The van der Waals surface area contributed by atoms with Gasteiger partial charge in [0.2, 0.25) is 0 Å². The van der Waals surface area contributed by atoms with Gasteiger partial charge < -0.3 is 5.11 Å². The van der Waals surface area contributed by atoms with Crippen molar-refractivity contribution in [3.8, 4) is 0 Å². The molecule has 0 radical (unpaired) electrons. The summed E-state index contributed by atoms with van der Waals surface area (Å²) in [4.78, 5) is 0. The van der Waals surface area contributed by atoms with Gasteiger partial charge in [-0.05, 0) is 56.2 Å². The summed E-state index contributed by atoms with van der Waals surface area (Å²) in [6.07, 6.45) is 8.20. The van der Waals surface area contributed by atoms with E-state index in [9.17, 15) is 5.11 Å². The Kier molecular flexibility index (Phi) is 5.11. The summed E-state index contributed by atoms with van der Waals surface area (Å²) in [5, 5.41) is 11.2. The summed E-state index contributed by atoms with van der Waals surface area (Å²) >= 11 is 11.8. The highest BCUT2D eigenvalue weighted by Gasteiger charge is 2.11. The predicted molar refractivity (Wildman–Crippen MR) is 77.3 cm³/mol. The largest absolute Gasteiger partial charge is 0.392 e. The van der Waals surface area contributed by atoms with E-state index >= 15 is 0 Å². The molecule has 1 atom stereocenters. The third-order valence-electron chi connectivity index (χ3n) is 3.34. The molecule has 98 valence electrons. The molecule has 1 aromatic carbocycles. The van der Waals surface area contributed by atoms with Gasteiger partial charge in [-0.3, -0.25) is 0 Å². The average Bonchev–Trinajstić information content (AvgIpc) is 2.35. The van der Waals surface area contributed by atoms with Crippen LogP contribution >= 0.6 is 23.2 Å². The fourth-order valence-corrected chi connectivity index (χ4v) is 2.72. The number of allylic oxidation sites excluding steroid dienone is 1. The van der Waals surface area contributed by atoms with Gasteiger partial charge in [-0.1, -0.05) is 40.9 Å². The molecule has 18 heavy (non-hydrogen) atoms. The minimum atomic E-state index is -0.327. The van der Waals surface area contributed by atoms with Crippen LogP contribution in [0.1, 0.15) is 37.7 Å². The van der Waals surface area contributed by atoms with Gasteiger partial charge in [0.1, 0.15) is 0 Å². The molecule has 1 N–H and O–H groups in total. The molecule has 2 rings (SSSR count). The minimum Gasteiger partial charge on any atom is -0.392 e. The lowest BCUT2D eigenvalue weighted by molar-refractivity contribution is 0.173. The maximum absolute atomic E-state index is 10.1. The molecule has 0 heterocycles. The Labute approximate surface area is 118 Å². The summed E-state index contributed by atoms with van der Waals surface area (Å²) in [5.74, 6) is 0. The molecule has 0 bridgehead atoms. The Morgan fingerprint density at radius 3 is 2.61 bits per heavy atom. The Hall–Kier alpha value is -0.500. The fraction of sp³-hybridized carbons (Fsp3) is 0.467. The summed E-state index contributed by atoms with van der Waals surface area (Å²) in [6.45, 7) is 0. The van der Waals surface area contributed by atoms with E-state index in [2.05, 4.69) is 6.08 Å². The van der Waals surface area contributed by atoms with Crippen LogP contribution in [0.3, 0.4) is 0 Å². The molecular formula is C15H18Cl2O. The van der Waals surface area contributed by atoms with E-state index < -0.39 is 0 Å². The molecule has 1 aliphatic rings. The highest BCUT2D eigenvalue weighted by Crippen LogP contribution is 2.25. The smallest absolute Gasteiger partial charge is 0.0617 e. The van der Waals surface area contributed by atoms with Crippen LogP contribution in [0.5, 0.6) is 0 Å². The van der Waals surface area contributed by atoms with Crippen molar-refractivity contribution < 1.29 is 5.11 Å². The lowest BCUT2D eigenvalue weighted by atomic mass is 9.93. The molecule has 1 unspecified atom stereocenters. The first-order chi connectivity index (χ1) is 8.65. The van der Waals surface area contributed by atoms with Gasteiger partial charge in [-0.2, -0.15) is 0 Å². The van der Waals surface area contributed by atoms with Gasteiger partial charge in [0.25, 0.3) is 0 Å². The summed E-state index contributed by atoms with van der Waals surface area (Å²) in [7, 11) is 0. The fourth-order valence-electron chi connectivity index (χ4n) is 2.40. The molecular weight excluding hydrogens is 267 g/mol. The van der Waals surface area contributed by atoms with Crippen LogP contribution in [0.4, 0.5) is 0 Å². The summed E-state index contributed by atoms with van der Waals surface area (Å²) < 4.78 is 0. The van der Waals surface area contributed by atoms with Gasteiger partial charge >= 0.3 is 0 Å². The summed E-state index contributed by atoms with van der Waals surface area (Å²) in [6, 6.07) is 5.54. The van der Waals surface area contributed by atoms with Crippen molar-refractivity contribution in [1.82, 2.24) is 0 Å². The number of benzene rings is 1. The quantitative estimate of drug-likeness (QED) is 0.789. The molecule has 0 spiro atoms. The zero-order valence-corrected chi connectivity index (χ0v) is 11.8. The van der Waals surface area contributed by atoms with Gasteiger partial charge in [-0.25, -0.2) is 0 Å². The van der Waals surface area contributed by atoms with Crippen LogP contribution in [0.15, 0.2) is 29.8 Å². The normalized spacial score (nSPS) is 17.4. The second kappa shape index (κ2) is 6.60. The molecule has 0 fully saturated rings. The summed E-state index contributed by atoms with van der Waals surface area (Å²) in [5.41, 5.74) is 2.43. The zero-order chi connectivity index (χ0) is 13.0. The highest BCUT2D eigenvalue weighted by molar-refractivity contribution is 6.42. The van der Waals surface area contributed by atoms with Crippen LogP contribution in [0.2, 0.25) is 10.0 Å². The van der Waals surface area contributed by atoms with Crippen molar-refractivity contribution in [2.75, 3.05) is 0 Å². The van der Waals surface area contributed by atoms with Crippen molar-refractivity contribution in [3.63, 3.8) is 0 Å². The first-order valence-corrected chi connectivity index (χ1v) is 7.20. The van der Waals surface area contributed by atoms with Gasteiger partial charge in [0, 0.05) is 0 Å². The number of aliphatic hydroxyl groups excluding tert-OH is 1. The molecule has 0 aliphatic heterocycles. The van der Waals surface area contributed by atoms with Crippen LogP contribution in [-0.2, 0) is 6.42 Å². The minimum absolute atomic E-state index is 0.327. The van der Waals surface area contributed by atoms with Crippen LogP contribution < -0.4 is 0 Å². The predicted octanol–water partition coefficient (Wildman–Crippen LogP) is 4.79. The second-order valence-corrected chi connectivity index (χ2v) is 5.73. The zero-order valence-electron chi connectivity index (χ0n) is 10.3. The van der Waals surface area contributed by atoms with Crippen LogP contribution in [-0.4, -0.2) is 11.2 Å². The maximum Gasteiger partial charge on any atom is 0.0617 e. The Bertz CT molecular complexity index is 440. The van der Waals surface area contributed by atoms with Crippen molar-refractivity contribution in [1.29, 1.82) is 0 Å². The molecule has 0 aromatic heterocycles. The van der Waals surface area contributed by atoms with Crippen molar-refractivity contribution >= 4 is 23.2 Å². The SMILES string of the molecule is OC(CC1=CCCCC1)Cc1ccc(Cl)c(Cl)c1. The lowest BCUT2D eigenvalue weighted by Crippen LogP contribution is -2.12. The number of aliphatic hydroxyl groups is 1. The standard InChI is InChI=1S/C15H18Cl2O/c16-14-7-6-12(10-15(14)17)9-13(18)8-11-4-2-1-3-5-11/h4,6-7,10,13,18H,1-3,5,8-9H2. The Morgan fingerprint density at radius 1 is 1.11 bits per heavy atom. The van der Waals surface area contributed by atoms with Crippen molar-refractivity contribution in [2.24, 2.45) is 0 Å². The number of rotatable bonds is 4. The van der Waals surface area contributed by atoms with Crippen LogP contribution in [0.25, 0.3) is 0 Å². The second-order valence-electron chi connectivity index (χ2n) is 4.92. The van der Waals surface area contributed by atoms with E-state index in [0.29, 0.717) is 16.5 Å². The monoisotopic (exact) mass is 284 g/mol. The first-order valence-electron chi connectivity index (χ1n) is 6.45. The van der Waals surface area contributed by atoms with Gasteiger partial charge in [0.05, 0.1) is 16.1 Å².